The number of hydrogen-bond acceptors (Lipinski definition) is 2. The number of carbonyl (C=O) groups is 1. The van der Waals surface area contributed by atoms with Gasteiger partial charge in [-0.1, -0.05) is 24.3 Å². The zero-order valence-corrected chi connectivity index (χ0v) is 11.8. The third kappa shape index (κ3) is 3.96. The van der Waals surface area contributed by atoms with Gasteiger partial charge in [-0.2, -0.15) is 0 Å². The minimum Gasteiger partial charge on any atom is -0.320 e. The molecular weight excluding hydrogens is 273 g/mol. The van der Waals surface area contributed by atoms with Crippen LogP contribution in [0.15, 0.2) is 59.5 Å². The molecule has 4 heteroatoms. The van der Waals surface area contributed by atoms with Crippen molar-refractivity contribution in [2.75, 3.05) is 11.6 Å². The van der Waals surface area contributed by atoms with Crippen LogP contribution in [0.1, 0.15) is 5.56 Å². The fourth-order valence-corrected chi connectivity index (χ4v) is 2.03. The first-order chi connectivity index (χ1) is 9.69. The molecule has 2 nitrogen and oxygen atoms in total. The third-order valence-corrected chi connectivity index (χ3v) is 3.42. The van der Waals surface area contributed by atoms with Crippen molar-refractivity contribution in [3.05, 3.63) is 66.0 Å². The topological polar surface area (TPSA) is 29.1 Å². The van der Waals surface area contributed by atoms with Gasteiger partial charge in [0.1, 0.15) is 5.82 Å². The van der Waals surface area contributed by atoms with Gasteiger partial charge in [-0.05, 0) is 42.2 Å². The van der Waals surface area contributed by atoms with E-state index in [1.165, 1.54) is 18.2 Å². The molecule has 2 aromatic rings. The van der Waals surface area contributed by atoms with E-state index in [1.807, 2.05) is 30.5 Å². The predicted octanol–water partition coefficient (Wildman–Crippen LogP) is 4.20. The first-order valence-corrected chi connectivity index (χ1v) is 7.29. The molecule has 102 valence electrons. The van der Waals surface area contributed by atoms with Crippen LogP contribution in [-0.4, -0.2) is 12.2 Å². The Morgan fingerprint density at radius 3 is 2.50 bits per heavy atom. The summed E-state index contributed by atoms with van der Waals surface area (Å²) in [6.07, 6.45) is 5.09. The number of hydrogen-bond donors (Lipinski definition) is 1. The van der Waals surface area contributed by atoms with Gasteiger partial charge in [-0.3, -0.25) is 4.79 Å². The lowest BCUT2D eigenvalue weighted by Crippen LogP contribution is -2.08. The number of nitrogens with one attached hydrogen (secondary N) is 1. The zero-order chi connectivity index (χ0) is 14.4. The molecule has 20 heavy (non-hydrogen) atoms. The summed E-state index contributed by atoms with van der Waals surface area (Å²) >= 11 is 1.66. The summed E-state index contributed by atoms with van der Waals surface area (Å²) in [5.41, 5.74) is 1.10. The van der Waals surface area contributed by atoms with E-state index < -0.39 is 5.82 Å². The largest absolute Gasteiger partial charge is 0.320 e. The molecule has 0 aliphatic heterocycles. The minimum atomic E-state index is -0.446. The number of thioether (sulfide) groups is 1. The number of anilines is 1. The molecule has 1 amide bonds. The van der Waals surface area contributed by atoms with Gasteiger partial charge in [0.05, 0.1) is 5.69 Å². The summed E-state index contributed by atoms with van der Waals surface area (Å²) in [6, 6.07) is 13.9. The van der Waals surface area contributed by atoms with Crippen LogP contribution in [0.3, 0.4) is 0 Å². The lowest BCUT2D eigenvalue weighted by atomic mass is 10.2. The molecule has 0 aromatic heterocycles. The molecule has 0 fully saturated rings. The first-order valence-electron chi connectivity index (χ1n) is 6.06. The Hall–Kier alpha value is -2.07. The van der Waals surface area contributed by atoms with Gasteiger partial charge >= 0.3 is 0 Å². The Balaban J connectivity index is 2.00. The highest BCUT2D eigenvalue weighted by Gasteiger charge is 2.02. The van der Waals surface area contributed by atoms with Crippen LogP contribution in [0.4, 0.5) is 10.1 Å². The highest BCUT2D eigenvalue weighted by molar-refractivity contribution is 7.98. The first kappa shape index (κ1) is 14.3. The van der Waals surface area contributed by atoms with Crippen LogP contribution in [0.25, 0.3) is 6.08 Å². The summed E-state index contributed by atoms with van der Waals surface area (Å²) in [4.78, 5) is 12.9. The molecular formula is C16H14FNOS. The molecule has 0 spiro atoms. The molecule has 0 radical (unpaired) electrons. The molecule has 0 heterocycles. The fraction of sp³-hybridized carbons (Fsp3) is 0.0625. The summed E-state index contributed by atoms with van der Waals surface area (Å²) in [5.74, 6) is -0.803. The number of carbonyl (C=O) groups excluding carboxylic acids is 1. The summed E-state index contributed by atoms with van der Waals surface area (Å²) in [7, 11) is 0. The number of amides is 1. The van der Waals surface area contributed by atoms with E-state index >= 15 is 0 Å². The predicted molar refractivity (Wildman–Crippen MR) is 82.3 cm³/mol. The normalized spacial score (nSPS) is 10.7. The van der Waals surface area contributed by atoms with Crippen LogP contribution in [0, 0.1) is 5.82 Å². The van der Waals surface area contributed by atoms with E-state index in [0.29, 0.717) is 0 Å². The Morgan fingerprint density at radius 2 is 1.85 bits per heavy atom. The van der Waals surface area contributed by atoms with E-state index in [0.717, 1.165) is 10.5 Å². The van der Waals surface area contributed by atoms with E-state index in [-0.39, 0.29) is 11.6 Å². The number of halogens is 1. The fourth-order valence-electron chi connectivity index (χ4n) is 1.62. The highest BCUT2D eigenvalue weighted by atomic mass is 32.2. The van der Waals surface area contributed by atoms with Crippen molar-refractivity contribution in [3.8, 4) is 0 Å². The second-order valence-electron chi connectivity index (χ2n) is 4.08. The molecule has 1 N–H and O–H groups in total. The van der Waals surface area contributed by atoms with Gasteiger partial charge < -0.3 is 5.32 Å². The van der Waals surface area contributed by atoms with Crippen LogP contribution in [0.5, 0.6) is 0 Å². The van der Waals surface area contributed by atoms with Gasteiger partial charge in [-0.25, -0.2) is 4.39 Å². The molecule has 0 aliphatic rings. The lowest BCUT2D eigenvalue weighted by Gasteiger charge is -2.02. The molecule has 2 rings (SSSR count). The minimum absolute atomic E-state index is 0.180. The molecule has 0 aliphatic carbocycles. The molecule has 0 atom stereocenters. The van der Waals surface area contributed by atoms with Gasteiger partial charge in [0.15, 0.2) is 0 Å². The third-order valence-electron chi connectivity index (χ3n) is 2.67. The standard InChI is InChI=1S/C16H14FNOS/c1-20-13-9-6-12(7-10-13)8-11-16(19)18-15-5-3-2-4-14(15)17/h2-11H,1H3,(H,18,19)/b11-8+. The van der Waals surface area contributed by atoms with Crippen LogP contribution < -0.4 is 5.32 Å². The Labute approximate surface area is 121 Å². The van der Waals surface area contributed by atoms with Crippen molar-refractivity contribution in [2.45, 2.75) is 4.90 Å². The average Bonchev–Trinajstić information content (AvgIpc) is 2.48. The maximum atomic E-state index is 13.4. The number of rotatable bonds is 4. The van der Waals surface area contributed by atoms with Gasteiger partial charge in [-0.15, -0.1) is 11.8 Å². The second kappa shape index (κ2) is 6.91. The van der Waals surface area contributed by atoms with Gasteiger partial charge in [0.2, 0.25) is 5.91 Å². The molecule has 0 saturated carbocycles. The Morgan fingerprint density at radius 1 is 1.15 bits per heavy atom. The lowest BCUT2D eigenvalue weighted by molar-refractivity contribution is -0.111. The molecule has 0 unspecified atom stereocenters. The smallest absolute Gasteiger partial charge is 0.248 e. The van der Waals surface area contributed by atoms with Crippen molar-refractivity contribution in [1.29, 1.82) is 0 Å². The maximum absolute atomic E-state index is 13.4. The molecule has 0 bridgehead atoms. The SMILES string of the molecule is CSc1ccc(/C=C/C(=O)Nc2ccccc2F)cc1. The van der Waals surface area contributed by atoms with Crippen molar-refractivity contribution in [3.63, 3.8) is 0 Å². The van der Waals surface area contributed by atoms with Crippen LogP contribution >= 0.6 is 11.8 Å². The number of benzene rings is 2. The van der Waals surface area contributed by atoms with E-state index in [1.54, 1.807) is 30.0 Å². The number of para-hydroxylation sites is 1. The summed E-state index contributed by atoms with van der Waals surface area (Å²) in [5, 5.41) is 2.50. The van der Waals surface area contributed by atoms with E-state index in [2.05, 4.69) is 5.32 Å². The summed E-state index contributed by atoms with van der Waals surface area (Å²) < 4.78 is 13.4. The maximum Gasteiger partial charge on any atom is 0.248 e. The van der Waals surface area contributed by atoms with E-state index in [4.69, 9.17) is 0 Å². The van der Waals surface area contributed by atoms with E-state index in [9.17, 15) is 9.18 Å². The van der Waals surface area contributed by atoms with Crippen molar-refractivity contribution < 1.29 is 9.18 Å². The van der Waals surface area contributed by atoms with Crippen molar-refractivity contribution >= 4 is 29.4 Å². The Kier molecular flexibility index (Phi) is 4.96. The Bertz CT molecular complexity index is 623. The van der Waals surface area contributed by atoms with Gasteiger partial charge in [0.25, 0.3) is 0 Å². The average molecular weight is 287 g/mol. The van der Waals surface area contributed by atoms with Crippen molar-refractivity contribution in [1.82, 2.24) is 0 Å². The van der Waals surface area contributed by atoms with Gasteiger partial charge in [0, 0.05) is 11.0 Å². The summed E-state index contributed by atoms with van der Waals surface area (Å²) in [6.45, 7) is 0. The van der Waals surface area contributed by atoms with Crippen LogP contribution in [0.2, 0.25) is 0 Å². The quantitative estimate of drug-likeness (QED) is 0.674. The highest BCUT2D eigenvalue weighted by Crippen LogP contribution is 2.16. The zero-order valence-electron chi connectivity index (χ0n) is 11.0. The monoisotopic (exact) mass is 287 g/mol. The van der Waals surface area contributed by atoms with Crippen molar-refractivity contribution in [2.24, 2.45) is 0 Å². The second-order valence-corrected chi connectivity index (χ2v) is 4.96. The molecule has 0 saturated heterocycles. The molecule has 2 aromatic carbocycles. The van der Waals surface area contributed by atoms with Crippen LogP contribution in [-0.2, 0) is 4.79 Å².